The van der Waals surface area contributed by atoms with Gasteiger partial charge >= 0.3 is 5.97 Å². The van der Waals surface area contributed by atoms with Crippen molar-refractivity contribution in [2.75, 3.05) is 5.32 Å². The Bertz CT molecular complexity index is 440. The van der Waals surface area contributed by atoms with Crippen LogP contribution in [0.15, 0.2) is 12.1 Å². The molecular weight excluding hydrogens is 210 g/mol. The van der Waals surface area contributed by atoms with Crippen LogP contribution in [-0.4, -0.2) is 22.1 Å². The summed E-state index contributed by atoms with van der Waals surface area (Å²) in [6, 6.07) is 2.88. The second kappa shape index (κ2) is 4.76. The summed E-state index contributed by atoms with van der Waals surface area (Å²) in [6.45, 7) is 2.63. The zero-order valence-corrected chi connectivity index (χ0v) is 9.07. The quantitative estimate of drug-likeness (QED) is 0.717. The number of hydrogen-bond acceptors (Lipinski definition) is 3. The van der Waals surface area contributed by atoms with Gasteiger partial charge < -0.3 is 15.5 Å². The third-order valence-electron chi connectivity index (χ3n) is 2.30. The van der Waals surface area contributed by atoms with E-state index in [-0.39, 0.29) is 18.1 Å². The fraction of sp³-hybridized carbons (Fsp3) is 0.273. The van der Waals surface area contributed by atoms with Crippen LogP contribution in [-0.2, 0) is 11.4 Å². The van der Waals surface area contributed by atoms with E-state index in [1.54, 1.807) is 6.92 Å². The number of amides is 1. The highest BCUT2D eigenvalue weighted by Gasteiger charge is 2.14. The van der Waals surface area contributed by atoms with Crippen LogP contribution in [0.25, 0.3) is 0 Å². The number of hydrogen-bond donors (Lipinski definition) is 3. The molecule has 0 spiro atoms. The molecule has 1 rings (SSSR count). The number of carboxylic acids is 1. The molecule has 5 nitrogen and oxygen atoms in total. The Morgan fingerprint density at radius 3 is 2.44 bits per heavy atom. The molecule has 0 aliphatic heterocycles. The van der Waals surface area contributed by atoms with Crippen molar-refractivity contribution >= 4 is 17.6 Å². The van der Waals surface area contributed by atoms with Crippen molar-refractivity contribution in [2.24, 2.45) is 0 Å². The van der Waals surface area contributed by atoms with E-state index in [4.69, 9.17) is 5.11 Å². The van der Waals surface area contributed by atoms with Crippen LogP contribution < -0.4 is 5.32 Å². The zero-order valence-electron chi connectivity index (χ0n) is 9.07. The molecule has 0 saturated heterocycles. The fourth-order valence-corrected chi connectivity index (χ4v) is 1.50. The van der Waals surface area contributed by atoms with Gasteiger partial charge in [0, 0.05) is 18.2 Å². The van der Waals surface area contributed by atoms with Crippen LogP contribution in [0.1, 0.15) is 28.4 Å². The summed E-state index contributed by atoms with van der Waals surface area (Å²) >= 11 is 0. The average Bonchev–Trinajstić information content (AvgIpc) is 2.16. The second-order valence-electron chi connectivity index (χ2n) is 3.41. The summed E-state index contributed by atoms with van der Waals surface area (Å²) in [5.74, 6) is -1.32. The van der Waals surface area contributed by atoms with Crippen LogP contribution >= 0.6 is 0 Å². The van der Waals surface area contributed by atoms with Crippen LogP contribution in [0.4, 0.5) is 5.69 Å². The van der Waals surface area contributed by atoms with Crippen LogP contribution in [0, 0.1) is 6.92 Å². The molecule has 86 valence electrons. The first-order chi connectivity index (χ1) is 7.47. The predicted molar refractivity (Wildman–Crippen MR) is 58.4 cm³/mol. The Morgan fingerprint density at radius 1 is 1.38 bits per heavy atom. The van der Waals surface area contributed by atoms with Gasteiger partial charge in [-0.25, -0.2) is 4.79 Å². The first-order valence-corrected chi connectivity index (χ1v) is 4.71. The van der Waals surface area contributed by atoms with E-state index in [9.17, 15) is 14.7 Å². The molecule has 5 heteroatoms. The normalized spacial score (nSPS) is 9.94. The van der Waals surface area contributed by atoms with Gasteiger partial charge in [0.05, 0.1) is 12.2 Å². The van der Waals surface area contributed by atoms with Gasteiger partial charge in [-0.15, -0.1) is 0 Å². The minimum atomic E-state index is -1.05. The molecule has 0 aliphatic rings. The highest BCUT2D eigenvalue weighted by Crippen LogP contribution is 2.23. The highest BCUT2D eigenvalue weighted by atomic mass is 16.4. The monoisotopic (exact) mass is 223 g/mol. The smallest absolute Gasteiger partial charge is 0.335 e. The standard InChI is InChI=1S/C11H13NO4/c1-6-8(11(15)16)3-4-10(9(6)5-13)12-7(2)14/h3-4,13H,5H2,1-2H3,(H,12,14)(H,15,16). The molecule has 0 aromatic heterocycles. The van der Waals surface area contributed by atoms with Crippen molar-refractivity contribution in [2.45, 2.75) is 20.5 Å². The molecule has 3 N–H and O–H groups in total. The summed E-state index contributed by atoms with van der Waals surface area (Å²) < 4.78 is 0. The largest absolute Gasteiger partial charge is 0.478 e. The minimum Gasteiger partial charge on any atom is -0.478 e. The Labute approximate surface area is 92.7 Å². The van der Waals surface area contributed by atoms with Crippen molar-refractivity contribution in [3.05, 3.63) is 28.8 Å². The average molecular weight is 223 g/mol. The van der Waals surface area contributed by atoms with Gasteiger partial charge in [-0.05, 0) is 24.6 Å². The fourth-order valence-electron chi connectivity index (χ4n) is 1.50. The van der Waals surface area contributed by atoms with Crippen molar-refractivity contribution in [1.82, 2.24) is 0 Å². The second-order valence-corrected chi connectivity index (χ2v) is 3.41. The highest BCUT2D eigenvalue weighted by molar-refractivity contribution is 5.93. The summed E-state index contributed by atoms with van der Waals surface area (Å²) in [5, 5.41) is 20.6. The molecule has 0 aliphatic carbocycles. The van der Waals surface area contributed by atoms with Crippen LogP contribution in [0.5, 0.6) is 0 Å². The molecule has 1 amide bonds. The number of nitrogens with one attached hydrogen (secondary N) is 1. The van der Waals surface area contributed by atoms with E-state index in [1.807, 2.05) is 0 Å². The van der Waals surface area contributed by atoms with Crippen molar-refractivity contribution in [3.8, 4) is 0 Å². The van der Waals surface area contributed by atoms with E-state index >= 15 is 0 Å². The maximum Gasteiger partial charge on any atom is 0.335 e. The summed E-state index contributed by atoms with van der Waals surface area (Å²) in [4.78, 5) is 21.8. The lowest BCUT2D eigenvalue weighted by atomic mass is 10.0. The zero-order chi connectivity index (χ0) is 12.3. The van der Waals surface area contributed by atoms with E-state index in [1.165, 1.54) is 19.1 Å². The van der Waals surface area contributed by atoms with E-state index in [0.29, 0.717) is 16.8 Å². The van der Waals surface area contributed by atoms with Gasteiger partial charge in [-0.2, -0.15) is 0 Å². The Hall–Kier alpha value is -1.88. The SMILES string of the molecule is CC(=O)Nc1ccc(C(=O)O)c(C)c1CO. The number of aliphatic hydroxyl groups excluding tert-OH is 1. The third-order valence-corrected chi connectivity index (χ3v) is 2.30. The van der Waals surface area contributed by atoms with Gasteiger partial charge in [0.2, 0.25) is 5.91 Å². The molecule has 0 bridgehead atoms. The number of carboxylic acid groups (broad SMARTS) is 1. The number of aromatic carboxylic acids is 1. The van der Waals surface area contributed by atoms with E-state index in [2.05, 4.69) is 5.32 Å². The van der Waals surface area contributed by atoms with Gasteiger partial charge in [-0.3, -0.25) is 4.79 Å². The lowest BCUT2D eigenvalue weighted by Crippen LogP contribution is -2.11. The Morgan fingerprint density at radius 2 is 2.00 bits per heavy atom. The van der Waals surface area contributed by atoms with Crippen molar-refractivity contribution in [3.63, 3.8) is 0 Å². The maximum absolute atomic E-state index is 10.9. The molecule has 16 heavy (non-hydrogen) atoms. The molecular formula is C11H13NO4. The predicted octanol–water partition coefficient (Wildman–Crippen LogP) is 1.14. The van der Waals surface area contributed by atoms with Gasteiger partial charge in [-0.1, -0.05) is 0 Å². The number of carbonyl (C=O) groups excluding carboxylic acids is 1. The topological polar surface area (TPSA) is 86.6 Å². The summed E-state index contributed by atoms with van der Waals surface area (Å²) in [6.07, 6.45) is 0. The van der Waals surface area contributed by atoms with Crippen molar-refractivity contribution < 1.29 is 19.8 Å². The van der Waals surface area contributed by atoms with Gasteiger partial charge in [0.25, 0.3) is 0 Å². The molecule has 0 atom stereocenters. The number of rotatable bonds is 3. The minimum absolute atomic E-state index is 0.123. The van der Waals surface area contributed by atoms with E-state index in [0.717, 1.165) is 0 Å². The first-order valence-electron chi connectivity index (χ1n) is 4.71. The van der Waals surface area contributed by atoms with Crippen LogP contribution in [0.2, 0.25) is 0 Å². The number of benzene rings is 1. The van der Waals surface area contributed by atoms with Crippen molar-refractivity contribution in [1.29, 1.82) is 0 Å². The molecule has 0 fully saturated rings. The van der Waals surface area contributed by atoms with E-state index < -0.39 is 5.97 Å². The summed E-state index contributed by atoms with van der Waals surface area (Å²) in [7, 11) is 0. The number of anilines is 1. The first kappa shape index (κ1) is 12.2. The molecule has 0 saturated carbocycles. The molecule has 1 aromatic rings. The molecule has 0 unspecified atom stereocenters. The molecule has 0 heterocycles. The lowest BCUT2D eigenvalue weighted by Gasteiger charge is -2.12. The maximum atomic E-state index is 10.9. The Kier molecular flexibility index (Phi) is 3.63. The number of aliphatic hydroxyl groups is 1. The lowest BCUT2D eigenvalue weighted by molar-refractivity contribution is -0.114. The van der Waals surface area contributed by atoms with Gasteiger partial charge in [0.1, 0.15) is 0 Å². The third kappa shape index (κ3) is 2.38. The summed E-state index contributed by atoms with van der Waals surface area (Å²) in [5.41, 5.74) is 1.45. The van der Waals surface area contributed by atoms with Crippen LogP contribution in [0.3, 0.4) is 0 Å². The molecule has 0 radical (unpaired) electrons. The Balaban J connectivity index is 3.29. The molecule has 1 aromatic carbocycles. The van der Waals surface area contributed by atoms with Gasteiger partial charge in [0.15, 0.2) is 0 Å². The number of carbonyl (C=O) groups is 2.